The van der Waals surface area contributed by atoms with E-state index in [0.717, 1.165) is 9.88 Å². The third kappa shape index (κ3) is 3.04. The van der Waals surface area contributed by atoms with Crippen LogP contribution >= 0.6 is 11.3 Å². The first-order valence-electron chi connectivity index (χ1n) is 5.52. The van der Waals surface area contributed by atoms with Crippen LogP contribution in [0, 0.1) is 6.92 Å². The standard InChI is InChI=1S/C12H14N4OS/c1-8-6-15-11(18-8)7-16-12(17)9-3-4-14-10(5-9)13-2/h3-6H,7H2,1-2H3,(H,13,14)(H,16,17). The van der Waals surface area contributed by atoms with E-state index in [1.54, 1.807) is 42.9 Å². The smallest absolute Gasteiger partial charge is 0.251 e. The Labute approximate surface area is 109 Å². The summed E-state index contributed by atoms with van der Waals surface area (Å²) in [7, 11) is 1.77. The van der Waals surface area contributed by atoms with Crippen LogP contribution in [-0.4, -0.2) is 22.9 Å². The number of carbonyl (C=O) groups is 1. The Morgan fingerprint density at radius 2 is 2.28 bits per heavy atom. The van der Waals surface area contributed by atoms with Crippen LogP contribution in [0.1, 0.15) is 20.2 Å². The fourth-order valence-electron chi connectivity index (χ4n) is 1.45. The Morgan fingerprint density at radius 1 is 1.44 bits per heavy atom. The molecule has 0 spiro atoms. The third-order valence-electron chi connectivity index (χ3n) is 2.35. The first-order chi connectivity index (χ1) is 8.69. The number of rotatable bonds is 4. The summed E-state index contributed by atoms with van der Waals surface area (Å²) in [6.07, 6.45) is 3.41. The molecule has 0 aliphatic carbocycles. The van der Waals surface area contributed by atoms with E-state index in [1.165, 1.54) is 0 Å². The Hall–Kier alpha value is -1.95. The van der Waals surface area contributed by atoms with Crippen molar-refractivity contribution in [1.82, 2.24) is 15.3 Å². The summed E-state index contributed by atoms with van der Waals surface area (Å²) in [6.45, 7) is 2.44. The van der Waals surface area contributed by atoms with Gasteiger partial charge >= 0.3 is 0 Å². The van der Waals surface area contributed by atoms with Gasteiger partial charge in [-0.1, -0.05) is 0 Å². The average molecular weight is 262 g/mol. The minimum atomic E-state index is -0.123. The highest BCUT2D eigenvalue weighted by Crippen LogP contribution is 2.11. The summed E-state index contributed by atoms with van der Waals surface area (Å²) in [5, 5.41) is 6.64. The van der Waals surface area contributed by atoms with Gasteiger partial charge in [0.2, 0.25) is 0 Å². The van der Waals surface area contributed by atoms with Gasteiger partial charge in [0.15, 0.2) is 0 Å². The van der Waals surface area contributed by atoms with Crippen LogP contribution in [-0.2, 0) is 6.54 Å². The maximum atomic E-state index is 11.9. The fourth-order valence-corrected chi connectivity index (χ4v) is 2.18. The predicted molar refractivity (Wildman–Crippen MR) is 71.8 cm³/mol. The molecule has 2 aromatic heterocycles. The number of pyridine rings is 1. The van der Waals surface area contributed by atoms with Crippen LogP contribution in [0.3, 0.4) is 0 Å². The molecule has 0 radical (unpaired) electrons. The molecule has 18 heavy (non-hydrogen) atoms. The van der Waals surface area contributed by atoms with Gasteiger partial charge < -0.3 is 10.6 Å². The van der Waals surface area contributed by atoms with Gasteiger partial charge in [0.1, 0.15) is 10.8 Å². The predicted octanol–water partition coefficient (Wildman–Crippen LogP) is 1.82. The average Bonchev–Trinajstić information content (AvgIpc) is 2.82. The van der Waals surface area contributed by atoms with E-state index in [4.69, 9.17) is 0 Å². The number of carbonyl (C=O) groups excluding carboxylic acids is 1. The lowest BCUT2D eigenvalue weighted by molar-refractivity contribution is 0.0951. The minimum Gasteiger partial charge on any atom is -0.373 e. The van der Waals surface area contributed by atoms with E-state index in [1.807, 2.05) is 6.92 Å². The molecule has 1 amide bonds. The topological polar surface area (TPSA) is 66.9 Å². The van der Waals surface area contributed by atoms with Gasteiger partial charge in [-0.15, -0.1) is 11.3 Å². The van der Waals surface area contributed by atoms with Crippen molar-refractivity contribution in [3.8, 4) is 0 Å². The number of hydrogen-bond donors (Lipinski definition) is 2. The molecule has 0 saturated heterocycles. The van der Waals surface area contributed by atoms with Crippen molar-refractivity contribution in [3.63, 3.8) is 0 Å². The molecule has 0 aliphatic heterocycles. The van der Waals surface area contributed by atoms with E-state index < -0.39 is 0 Å². The van der Waals surface area contributed by atoms with Gasteiger partial charge in [0.05, 0.1) is 6.54 Å². The van der Waals surface area contributed by atoms with Crippen LogP contribution in [0.25, 0.3) is 0 Å². The summed E-state index contributed by atoms with van der Waals surface area (Å²) in [5.41, 5.74) is 0.586. The lowest BCUT2D eigenvalue weighted by Crippen LogP contribution is -2.22. The lowest BCUT2D eigenvalue weighted by atomic mass is 10.2. The van der Waals surface area contributed by atoms with Crippen molar-refractivity contribution in [3.05, 3.63) is 40.0 Å². The molecule has 0 fully saturated rings. The molecule has 5 nitrogen and oxygen atoms in total. The van der Waals surface area contributed by atoms with Crippen molar-refractivity contribution in [2.45, 2.75) is 13.5 Å². The number of thiazole rings is 1. The van der Waals surface area contributed by atoms with Crippen LogP contribution in [0.15, 0.2) is 24.5 Å². The summed E-state index contributed by atoms with van der Waals surface area (Å²) in [6, 6.07) is 3.39. The largest absolute Gasteiger partial charge is 0.373 e. The summed E-state index contributed by atoms with van der Waals surface area (Å²) >= 11 is 1.58. The number of aromatic nitrogens is 2. The quantitative estimate of drug-likeness (QED) is 0.882. The maximum absolute atomic E-state index is 11.9. The number of nitrogens with zero attached hydrogens (tertiary/aromatic N) is 2. The summed E-state index contributed by atoms with van der Waals surface area (Å²) in [5.74, 6) is 0.550. The van der Waals surface area contributed by atoms with Crippen LogP contribution in [0.2, 0.25) is 0 Å². The highest BCUT2D eigenvalue weighted by Gasteiger charge is 2.07. The molecular formula is C12H14N4OS. The Bertz CT molecular complexity index is 553. The van der Waals surface area contributed by atoms with E-state index >= 15 is 0 Å². The normalized spacial score (nSPS) is 10.1. The van der Waals surface area contributed by atoms with Crippen LogP contribution < -0.4 is 10.6 Å². The molecule has 2 aromatic rings. The number of hydrogen-bond acceptors (Lipinski definition) is 5. The van der Waals surface area contributed by atoms with Crippen molar-refractivity contribution in [2.75, 3.05) is 12.4 Å². The third-order valence-corrected chi connectivity index (χ3v) is 3.26. The van der Waals surface area contributed by atoms with Gasteiger partial charge in [0.25, 0.3) is 5.91 Å². The first kappa shape index (κ1) is 12.5. The second-order valence-electron chi connectivity index (χ2n) is 3.73. The molecule has 2 N–H and O–H groups in total. The first-order valence-corrected chi connectivity index (χ1v) is 6.34. The molecule has 2 heterocycles. The summed E-state index contributed by atoms with van der Waals surface area (Å²) < 4.78 is 0. The number of anilines is 1. The number of nitrogens with one attached hydrogen (secondary N) is 2. The van der Waals surface area contributed by atoms with Gasteiger partial charge in [0, 0.05) is 29.9 Å². The molecule has 6 heteroatoms. The highest BCUT2D eigenvalue weighted by atomic mass is 32.1. The van der Waals surface area contributed by atoms with Gasteiger partial charge in [-0.25, -0.2) is 9.97 Å². The zero-order valence-corrected chi connectivity index (χ0v) is 11.0. The lowest BCUT2D eigenvalue weighted by Gasteiger charge is -2.04. The molecule has 0 atom stereocenters. The zero-order chi connectivity index (χ0) is 13.0. The number of amides is 1. The Morgan fingerprint density at radius 3 is 2.94 bits per heavy atom. The second kappa shape index (κ2) is 5.59. The molecule has 2 rings (SSSR count). The zero-order valence-electron chi connectivity index (χ0n) is 10.2. The van der Waals surface area contributed by atoms with E-state index in [-0.39, 0.29) is 5.91 Å². The van der Waals surface area contributed by atoms with Gasteiger partial charge in [-0.05, 0) is 19.1 Å². The van der Waals surface area contributed by atoms with E-state index in [9.17, 15) is 4.79 Å². The SMILES string of the molecule is CNc1cc(C(=O)NCc2ncc(C)s2)ccn1. The molecule has 94 valence electrons. The summed E-state index contributed by atoms with van der Waals surface area (Å²) in [4.78, 5) is 21.3. The Kier molecular flexibility index (Phi) is 3.88. The molecule has 0 aromatic carbocycles. The fraction of sp³-hybridized carbons (Fsp3) is 0.250. The van der Waals surface area contributed by atoms with Crippen molar-refractivity contribution in [2.24, 2.45) is 0 Å². The van der Waals surface area contributed by atoms with Crippen LogP contribution in [0.5, 0.6) is 0 Å². The monoisotopic (exact) mass is 262 g/mol. The van der Waals surface area contributed by atoms with Crippen LogP contribution in [0.4, 0.5) is 5.82 Å². The van der Waals surface area contributed by atoms with Crippen molar-refractivity contribution < 1.29 is 4.79 Å². The van der Waals surface area contributed by atoms with E-state index in [0.29, 0.717) is 17.9 Å². The Balaban J connectivity index is 1.99. The van der Waals surface area contributed by atoms with E-state index in [2.05, 4.69) is 20.6 Å². The van der Waals surface area contributed by atoms with Gasteiger partial charge in [-0.3, -0.25) is 4.79 Å². The highest BCUT2D eigenvalue weighted by molar-refractivity contribution is 7.11. The van der Waals surface area contributed by atoms with Crippen molar-refractivity contribution in [1.29, 1.82) is 0 Å². The molecule has 0 saturated carbocycles. The molecule has 0 aliphatic rings. The van der Waals surface area contributed by atoms with Gasteiger partial charge in [-0.2, -0.15) is 0 Å². The molecular weight excluding hydrogens is 248 g/mol. The van der Waals surface area contributed by atoms with Crippen molar-refractivity contribution >= 4 is 23.1 Å². The maximum Gasteiger partial charge on any atom is 0.251 e. The molecule has 0 unspecified atom stereocenters. The second-order valence-corrected chi connectivity index (χ2v) is 5.05. The molecule has 0 bridgehead atoms. The minimum absolute atomic E-state index is 0.123. The number of aryl methyl sites for hydroxylation is 1.